The van der Waals surface area contributed by atoms with Gasteiger partial charge in [-0.25, -0.2) is 0 Å². The van der Waals surface area contributed by atoms with Gasteiger partial charge in [0.25, 0.3) is 5.56 Å². The van der Waals surface area contributed by atoms with E-state index in [0.29, 0.717) is 29.6 Å². The second-order valence-corrected chi connectivity index (χ2v) is 8.15. The maximum absolute atomic E-state index is 12.7. The molecule has 8 heteroatoms. The van der Waals surface area contributed by atoms with Crippen LogP contribution in [0.4, 0.5) is 5.82 Å². The van der Waals surface area contributed by atoms with Crippen molar-refractivity contribution in [2.75, 3.05) is 18.0 Å². The van der Waals surface area contributed by atoms with Crippen molar-refractivity contribution in [3.63, 3.8) is 0 Å². The number of pyridine rings is 1. The first kappa shape index (κ1) is 21.1. The maximum Gasteiger partial charge on any atom is 0.271 e. The van der Waals surface area contributed by atoms with Crippen molar-refractivity contribution in [3.8, 4) is 5.69 Å². The summed E-state index contributed by atoms with van der Waals surface area (Å²) < 4.78 is 1.35. The van der Waals surface area contributed by atoms with Crippen molar-refractivity contribution in [2.45, 2.75) is 26.3 Å². The van der Waals surface area contributed by atoms with Crippen LogP contribution in [0.1, 0.15) is 24.0 Å². The number of nitrogens with zero attached hydrogens (tertiary/aromatic N) is 4. The summed E-state index contributed by atoms with van der Waals surface area (Å²) in [5.74, 6) is 0.551. The normalized spacial score (nSPS) is 16.2. The summed E-state index contributed by atoms with van der Waals surface area (Å²) in [6, 6.07) is 12.4. The smallest absolute Gasteiger partial charge is 0.271 e. The van der Waals surface area contributed by atoms with Gasteiger partial charge in [0.1, 0.15) is 5.82 Å². The van der Waals surface area contributed by atoms with Crippen LogP contribution in [0.5, 0.6) is 0 Å². The molecule has 1 atom stereocenters. The molecular weight excluding hydrogens is 414 g/mol. The van der Waals surface area contributed by atoms with Crippen LogP contribution in [-0.4, -0.2) is 33.8 Å². The van der Waals surface area contributed by atoms with Crippen LogP contribution in [0.2, 0.25) is 5.02 Å². The van der Waals surface area contributed by atoms with Gasteiger partial charge in [-0.05, 0) is 55.2 Å². The van der Waals surface area contributed by atoms with E-state index >= 15 is 0 Å². The Kier molecular flexibility index (Phi) is 6.32. The zero-order valence-corrected chi connectivity index (χ0v) is 18.0. The SMILES string of the molecule is Cc1ccc(-n2nc(N3CCC[C@@H](C(=O)NCc4cccnc4)C3)ccc2=O)cc1Cl. The lowest BCUT2D eigenvalue weighted by molar-refractivity contribution is -0.125. The molecule has 0 bridgehead atoms. The second-order valence-electron chi connectivity index (χ2n) is 7.74. The monoisotopic (exact) mass is 437 g/mol. The van der Waals surface area contributed by atoms with Crippen molar-refractivity contribution >= 4 is 23.3 Å². The highest BCUT2D eigenvalue weighted by molar-refractivity contribution is 6.31. The molecule has 1 aromatic carbocycles. The number of piperidine rings is 1. The lowest BCUT2D eigenvalue weighted by Crippen LogP contribution is -2.43. The van der Waals surface area contributed by atoms with E-state index in [-0.39, 0.29) is 17.4 Å². The number of halogens is 1. The lowest BCUT2D eigenvalue weighted by Gasteiger charge is -2.33. The molecule has 2 aromatic heterocycles. The molecule has 160 valence electrons. The molecule has 0 spiro atoms. The number of nitrogens with one attached hydrogen (secondary N) is 1. The van der Waals surface area contributed by atoms with Gasteiger partial charge < -0.3 is 10.2 Å². The van der Waals surface area contributed by atoms with Gasteiger partial charge in [-0.3, -0.25) is 14.6 Å². The van der Waals surface area contributed by atoms with Gasteiger partial charge in [-0.15, -0.1) is 5.10 Å². The van der Waals surface area contributed by atoms with Crippen LogP contribution in [0.25, 0.3) is 5.69 Å². The fraction of sp³-hybridized carbons (Fsp3) is 0.304. The highest BCUT2D eigenvalue weighted by Crippen LogP contribution is 2.23. The quantitative estimate of drug-likeness (QED) is 0.663. The highest BCUT2D eigenvalue weighted by atomic mass is 35.5. The molecule has 0 aliphatic carbocycles. The molecule has 1 aliphatic heterocycles. The zero-order chi connectivity index (χ0) is 21.8. The van der Waals surface area contributed by atoms with E-state index in [9.17, 15) is 9.59 Å². The first-order chi connectivity index (χ1) is 15.0. The molecule has 1 amide bonds. The molecule has 0 saturated carbocycles. The third-order valence-electron chi connectivity index (χ3n) is 5.49. The van der Waals surface area contributed by atoms with Gasteiger partial charge in [0.15, 0.2) is 0 Å². The second kappa shape index (κ2) is 9.31. The summed E-state index contributed by atoms with van der Waals surface area (Å²) in [4.78, 5) is 31.3. The van der Waals surface area contributed by atoms with E-state index in [1.807, 2.05) is 31.2 Å². The number of carbonyl (C=O) groups excluding carboxylic acids is 1. The predicted molar refractivity (Wildman–Crippen MR) is 121 cm³/mol. The van der Waals surface area contributed by atoms with Crippen LogP contribution < -0.4 is 15.8 Å². The molecular formula is C23H24ClN5O2. The van der Waals surface area contributed by atoms with Gasteiger partial charge in [-0.1, -0.05) is 23.7 Å². The Morgan fingerprint density at radius 3 is 2.90 bits per heavy atom. The Bertz CT molecular complexity index is 1130. The predicted octanol–water partition coefficient (Wildman–Crippen LogP) is 3.12. The summed E-state index contributed by atoms with van der Waals surface area (Å²) in [5, 5.41) is 8.14. The number of carbonyl (C=O) groups is 1. The van der Waals surface area contributed by atoms with E-state index in [4.69, 9.17) is 11.6 Å². The van der Waals surface area contributed by atoms with Gasteiger partial charge >= 0.3 is 0 Å². The van der Waals surface area contributed by atoms with Crippen molar-refractivity contribution in [1.29, 1.82) is 0 Å². The Balaban J connectivity index is 1.48. The number of aryl methyl sites for hydroxylation is 1. The molecule has 1 N–H and O–H groups in total. The zero-order valence-electron chi connectivity index (χ0n) is 17.3. The molecule has 1 saturated heterocycles. The number of amides is 1. The van der Waals surface area contributed by atoms with Crippen LogP contribution in [0, 0.1) is 12.8 Å². The maximum atomic E-state index is 12.7. The third kappa shape index (κ3) is 4.94. The minimum absolute atomic E-state index is 0.0205. The van der Waals surface area contributed by atoms with Crippen LogP contribution in [0.15, 0.2) is 59.7 Å². The van der Waals surface area contributed by atoms with E-state index in [1.165, 1.54) is 10.7 Å². The third-order valence-corrected chi connectivity index (χ3v) is 5.90. The van der Waals surface area contributed by atoms with Gasteiger partial charge in [0.05, 0.1) is 11.6 Å². The standard InChI is InChI=1S/C23H24ClN5O2/c1-16-6-7-19(12-20(16)24)29-22(30)9-8-21(27-29)28-11-3-5-18(15-28)23(31)26-14-17-4-2-10-25-13-17/h2,4,6-10,12-13,18H,3,5,11,14-15H2,1H3,(H,26,31)/t18-/m1/s1. The van der Waals surface area contributed by atoms with E-state index in [1.54, 1.807) is 24.5 Å². The summed E-state index contributed by atoms with van der Waals surface area (Å²) in [5.41, 5.74) is 2.29. The molecule has 4 rings (SSSR count). The Labute approximate surface area is 185 Å². The molecule has 1 aliphatic rings. The molecule has 1 fully saturated rings. The minimum Gasteiger partial charge on any atom is -0.354 e. The van der Waals surface area contributed by atoms with Crippen molar-refractivity contribution in [2.24, 2.45) is 5.92 Å². The first-order valence-electron chi connectivity index (χ1n) is 10.3. The molecule has 31 heavy (non-hydrogen) atoms. The summed E-state index contributed by atoms with van der Waals surface area (Å²) in [7, 11) is 0. The summed E-state index contributed by atoms with van der Waals surface area (Å²) >= 11 is 6.23. The van der Waals surface area contributed by atoms with Crippen molar-refractivity contribution in [1.82, 2.24) is 20.1 Å². The first-order valence-corrected chi connectivity index (χ1v) is 10.7. The number of benzene rings is 1. The van der Waals surface area contributed by atoms with Gasteiger partial charge in [0, 0.05) is 43.1 Å². The van der Waals surface area contributed by atoms with Crippen LogP contribution in [-0.2, 0) is 11.3 Å². The van der Waals surface area contributed by atoms with Gasteiger partial charge in [0.2, 0.25) is 5.91 Å². The number of aromatic nitrogens is 3. The van der Waals surface area contributed by atoms with E-state index < -0.39 is 0 Å². The molecule has 3 heterocycles. The number of hydrogen-bond acceptors (Lipinski definition) is 5. The summed E-state index contributed by atoms with van der Waals surface area (Å²) in [6.07, 6.45) is 5.16. The lowest BCUT2D eigenvalue weighted by atomic mass is 9.97. The van der Waals surface area contributed by atoms with Crippen LogP contribution >= 0.6 is 11.6 Å². The molecule has 7 nitrogen and oxygen atoms in total. The molecule has 0 unspecified atom stereocenters. The summed E-state index contributed by atoms with van der Waals surface area (Å²) in [6.45, 7) is 3.71. The average Bonchev–Trinajstić information content (AvgIpc) is 2.80. The van der Waals surface area contributed by atoms with Gasteiger partial charge in [-0.2, -0.15) is 4.68 Å². The molecule has 3 aromatic rings. The number of hydrogen-bond donors (Lipinski definition) is 1. The Morgan fingerprint density at radius 1 is 1.26 bits per heavy atom. The molecule has 0 radical (unpaired) electrons. The topological polar surface area (TPSA) is 80.1 Å². The highest BCUT2D eigenvalue weighted by Gasteiger charge is 2.26. The largest absolute Gasteiger partial charge is 0.354 e. The minimum atomic E-state index is -0.230. The number of rotatable bonds is 5. The van der Waals surface area contributed by atoms with E-state index in [2.05, 4.69) is 20.3 Å². The van der Waals surface area contributed by atoms with Crippen molar-refractivity contribution < 1.29 is 4.79 Å². The van der Waals surface area contributed by atoms with E-state index in [0.717, 1.165) is 30.5 Å². The Hall–Kier alpha value is -3.19. The fourth-order valence-corrected chi connectivity index (χ4v) is 3.88. The average molecular weight is 438 g/mol. The van der Waals surface area contributed by atoms with Crippen molar-refractivity contribution in [3.05, 3.63) is 81.4 Å². The fourth-order valence-electron chi connectivity index (χ4n) is 3.70. The number of anilines is 1. The van der Waals surface area contributed by atoms with Crippen LogP contribution in [0.3, 0.4) is 0 Å². The Morgan fingerprint density at radius 2 is 2.13 bits per heavy atom.